The van der Waals surface area contributed by atoms with Gasteiger partial charge in [0.2, 0.25) is 5.91 Å². The fourth-order valence-electron chi connectivity index (χ4n) is 2.33. The number of rotatable bonds is 5. The smallest absolute Gasteiger partial charge is 0.234 e. The topological polar surface area (TPSA) is 58.4 Å². The maximum absolute atomic E-state index is 11.0. The number of nitrogens with zero attached hydrogens (tertiary/aromatic N) is 1. The molecule has 2 aliphatic rings. The zero-order valence-corrected chi connectivity index (χ0v) is 9.41. The van der Waals surface area contributed by atoms with Crippen LogP contribution in [0.1, 0.15) is 32.1 Å². The van der Waals surface area contributed by atoms with E-state index in [4.69, 9.17) is 5.73 Å². The van der Waals surface area contributed by atoms with Crippen molar-refractivity contribution < 1.29 is 4.79 Å². The molecule has 2 rings (SSSR count). The maximum atomic E-state index is 11.0. The Balaban J connectivity index is 1.65. The standard InChI is InChI=1S/C11H21N3O/c1-14(9-3-4-9)7-6-8-2-5-10(13-8)11(12)15/h8-10,13H,2-7H2,1H3,(H2,12,15). The Labute approximate surface area is 91.2 Å². The van der Waals surface area contributed by atoms with Crippen molar-refractivity contribution >= 4 is 5.91 Å². The monoisotopic (exact) mass is 211 g/mol. The van der Waals surface area contributed by atoms with E-state index in [1.54, 1.807) is 0 Å². The number of primary amides is 1. The Bertz CT molecular complexity index is 240. The molecule has 3 N–H and O–H groups in total. The summed E-state index contributed by atoms with van der Waals surface area (Å²) in [7, 11) is 2.19. The molecular weight excluding hydrogens is 190 g/mol. The predicted octanol–water partition coefficient (Wildman–Crippen LogP) is 0.0766. The molecule has 2 atom stereocenters. The van der Waals surface area contributed by atoms with Gasteiger partial charge in [0.1, 0.15) is 0 Å². The summed E-state index contributed by atoms with van der Waals surface area (Å²) in [6.45, 7) is 1.13. The molecule has 2 unspecified atom stereocenters. The van der Waals surface area contributed by atoms with Crippen molar-refractivity contribution in [2.45, 2.75) is 50.2 Å². The molecule has 0 aromatic carbocycles. The third kappa shape index (κ3) is 2.92. The lowest BCUT2D eigenvalue weighted by atomic mass is 10.1. The lowest BCUT2D eigenvalue weighted by Gasteiger charge is -2.18. The summed E-state index contributed by atoms with van der Waals surface area (Å²) in [5, 5.41) is 3.30. The molecule has 0 aromatic heterocycles. The van der Waals surface area contributed by atoms with Crippen LogP contribution in [0.5, 0.6) is 0 Å². The van der Waals surface area contributed by atoms with E-state index in [1.165, 1.54) is 12.8 Å². The molecular formula is C11H21N3O. The van der Waals surface area contributed by atoms with Crippen LogP contribution in [0.3, 0.4) is 0 Å². The lowest BCUT2D eigenvalue weighted by molar-refractivity contribution is -0.119. The number of nitrogens with one attached hydrogen (secondary N) is 1. The predicted molar refractivity (Wildman–Crippen MR) is 59.4 cm³/mol. The van der Waals surface area contributed by atoms with Gasteiger partial charge in [-0.1, -0.05) is 0 Å². The molecule has 1 aliphatic heterocycles. The van der Waals surface area contributed by atoms with Crippen molar-refractivity contribution in [3.63, 3.8) is 0 Å². The summed E-state index contributed by atoms with van der Waals surface area (Å²) >= 11 is 0. The minimum absolute atomic E-state index is 0.0822. The molecule has 4 heteroatoms. The normalized spacial score (nSPS) is 31.1. The van der Waals surface area contributed by atoms with E-state index in [-0.39, 0.29) is 11.9 Å². The molecule has 1 amide bonds. The molecule has 0 radical (unpaired) electrons. The molecule has 0 aromatic rings. The minimum Gasteiger partial charge on any atom is -0.368 e. The summed E-state index contributed by atoms with van der Waals surface area (Å²) in [6, 6.07) is 1.24. The van der Waals surface area contributed by atoms with Crippen LogP contribution < -0.4 is 11.1 Å². The zero-order valence-electron chi connectivity index (χ0n) is 9.41. The summed E-state index contributed by atoms with van der Waals surface area (Å²) in [5.74, 6) is -0.201. The van der Waals surface area contributed by atoms with Crippen molar-refractivity contribution in [3.05, 3.63) is 0 Å². The van der Waals surface area contributed by atoms with Gasteiger partial charge in [0.05, 0.1) is 6.04 Å². The molecule has 4 nitrogen and oxygen atoms in total. The number of carbonyl (C=O) groups is 1. The van der Waals surface area contributed by atoms with E-state index >= 15 is 0 Å². The third-order valence-corrected chi connectivity index (χ3v) is 3.58. The van der Waals surface area contributed by atoms with Crippen molar-refractivity contribution in [2.24, 2.45) is 5.73 Å². The number of hydrogen-bond acceptors (Lipinski definition) is 3. The van der Waals surface area contributed by atoms with E-state index in [0.29, 0.717) is 6.04 Å². The van der Waals surface area contributed by atoms with E-state index in [9.17, 15) is 4.79 Å². The highest BCUT2D eigenvalue weighted by atomic mass is 16.1. The van der Waals surface area contributed by atoms with Crippen LogP contribution in [-0.2, 0) is 4.79 Å². The SMILES string of the molecule is CN(CCC1CCC(C(N)=O)N1)C1CC1. The van der Waals surface area contributed by atoms with Crippen LogP contribution in [0.25, 0.3) is 0 Å². The van der Waals surface area contributed by atoms with Crippen LogP contribution in [0, 0.1) is 0 Å². The zero-order chi connectivity index (χ0) is 10.8. The van der Waals surface area contributed by atoms with Gasteiger partial charge >= 0.3 is 0 Å². The number of hydrogen-bond donors (Lipinski definition) is 2. The summed E-state index contributed by atoms with van der Waals surface area (Å²) < 4.78 is 0. The highest BCUT2D eigenvalue weighted by molar-refractivity contribution is 5.80. The van der Waals surface area contributed by atoms with Crippen molar-refractivity contribution in [2.75, 3.05) is 13.6 Å². The van der Waals surface area contributed by atoms with E-state index in [2.05, 4.69) is 17.3 Å². The number of carbonyl (C=O) groups excluding carboxylic acids is 1. The maximum Gasteiger partial charge on any atom is 0.234 e. The fraction of sp³-hybridized carbons (Fsp3) is 0.909. The molecule has 0 spiro atoms. The van der Waals surface area contributed by atoms with Crippen molar-refractivity contribution in [3.8, 4) is 0 Å². The van der Waals surface area contributed by atoms with Gasteiger partial charge in [-0.2, -0.15) is 0 Å². The second-order valence-electron chi connectivity index (χ2n) is 4.90. The van der Waals surface area contributed by atoms with Gasteiger partial charge in [0.25, 0.3) is 0 Å². The van der Waals surface area contributed by atoms with Crippen molar-refractivity contribution in [1.29, 1.82) is 0 Å². The van der Waals surface area contributed by atoms with Gasteiger partial charge in [-0.05, 0) is 45.7 Å². The molecule has 86 valence electrons. The Morgan fingerprint density at radius 1 is 1.40 bits per heavy atom. The van der Waals surface area contributed by atoms with Gasteiger partial charge < -0.3 is 16.0 Å². The summed E-state index contributed by atoms with van der Waals surface area (Å²) in [5.41, 5.74) is 5.26. The Hall–Kier alpha value is -0.610. The van der Waals surface area contributed by atoms with Crippen LogP contribution in [0.4, 0.5) is 0 Å². The average Bonchev–Trinajstić information content (AvgIpc) is 2.93. The summed E-state index contributed by atoms with van der Waals surface area (Å²) in [4.78, 5) is 13.4. The van der Waals surface area contributed by atoms with E-state index < -0.39 is 0 Å². The first kappa shape index (κ1) is 10.9. The first-order chi connectivity index (χ1) is 7.16. The Kier molecular flexibility index (Phi) is 3.26. The molecule has 1 saturated heterocycles. The minimum atomic E-state index is -0.201. The second-order valence-corrected chi connectivity index (χ2v) is 4.90. The quantitative estimate of drug-likeness (QED) is 0.677. The van der Waals surface area contributed by atoms with Crippen LogP contribution in [0.2, 0.25) is 0 Å². The van der Waals surface area contributed by atoms with Gasteiger partial charge in [0, 0.05) is 12.1 Å². The van der Waals surface area contributed by atoms with Crippen molar-refractivity contribution in [1.82, 2.24) is 10.2 Å². The first-order valence-corrected chi connectivity index (χ1v) is 5.92. The van der Waals surface area contributed by atoms with Gasteiger partial charge in [-0.15, -0.1) is 0 Å². The Morgan fingerprint density at radius 3 is 2.67 bits per heavy atom. The third-order valence-electron chi connectivity index (χ3n) is 3.58. The molecule has 1 aliphatic carbocycles. The number of amides is 1. The molecule has 2 fully saturated rings. The second kappa shape index (κ2) is 4.49. The van der Waals surface area contributed by atoms with Crippen LogP contribution >= 0.6 is 0 Å². The highest BCUT2D eigenvalue weighted by Gasteiger charge is 2.29. The number of nitrogens with two attached hydrogens (primary N) is 1. The van der Waals surface area contributed by atoms with Gasteiger partial charge in [-0.25, -0.2) is 0 Å². The fourth-order valence-corrected chi connectivity index (χ4v) is 2.33. The largest absolute Gasteiger partial charge is 0.368 e. The first-order valence-electron chi connectivity index (χ1n) is 5.92. The molecule has 15 heavy (non-hydrogen) atoms. The molecule has 1 heterocycles. The van der Waals surface area contributed by atoms with Gasteiger partial charge in [-0.3, -0.25) is 4.79 Å². The Morgan fingerprint density at radius 2 is 2.13 bits per heavy atom. The molecule has 0 bridgehead atoms. The lowest BCUT2D eigenvalue weighted by Crippen LogP contribution is -2.40. The molecule has 1 saturated carbocycles. The van der Waals surface area contributed by atoms with E-state index in [1.807, 2.05) is 0 Å². The highest BCUT2D eigenvalue weighted by Crippen LogP contribution is 2.26. The van der Waals surface area contributed by atoms with Gasteiger partial charge in [0.15, 0.2) is 0 Å². The van der Waals surface area contributed by atoms with Crippen LogP contribution in [-0.4, -0.2) is 42.5 Å². The average molecular weight is 211 g/mol. The summed E-state index contributed by atoms with van der Waals surface area (Å²) in [6.07, 6.45) is 5.85. The van der Waals surface area contributed by atoms with E-state index in [0.717, 1.165) is 31.8 Å². The van der Waals surface area contributed by atoms with Crippen LogP contribution in [0.15, 0.2) is 0 Å².